The number of aldehydes is 1. The van der Waals surface area contributed by atoms with E-state index in [1.165, 1.54) is 12.8 Å². The Morgan fingerprint density at radius 2 is 2.16 bits per heavy atom. The number of ether oxygens (including phenoxy) is 1. The van der Waals surface area contributed by atoms with Crippen molar-refractivity contribution in [3.8, 4) is 5.75 Å². The molecule has 0 aromatic heterocycles. The van der Waals surface area contributed by atoms with Gasteiger partial charge in [0.25, 0.3) is 0 Å². The maximum Gasteiger partial charge on any atom is 0.150 e. The second-order valence-corrected chi connectivity index (χ2v) is 5.74. The van der Waals surface area contributed by atoms with Crippen molar-refractivity contribution >= 4 is 6.29 Å². The first kappa shape index (κ1) is 14.1. The van der Waals surface area contributed by atoms with Crippen LogP contribution in [0, 0.1) is 5.92 Å². The smallest absolute Gasteiger partial charge is 0.150 e. The minimum atomic E-state index is 0.654. The summed E-state index contributed by atoms with van der Waals surface area (Å²) in [5, 5.41) is 0. The Bertz CT molecular complexity index is 438. The second-order valence-electron chi connectivity index (χ2n) is 5.74. The molecule has 0 atom stereocenters. The van der Waals surface area contributed by atoms with Gasteiger partial charge < -0.3 is 4.74 Å². The van der Waals surface area contributed by atoms with Crippen LogP contribution in [0.5, 0.6) is 5.75 Å². The first-order valence-electron chi connectivity index (χ1n) is 7.00. The third-order valence-electron chi connectivity index (χ3n) is 3.48. The molecule has 0 radical (unpaired) electrons. The third-order valence-corrected chi connectivity index (χ3v) is 3.48. The Morgan fingerprint density at radius 3 is 2.68 bits per heavy atom. The van der Waals surface area contributed by atoms with Gasteiger partial charge in [0.1, 0.15) is 12.0 Å². The number of methoxy groups -OCH3 is 1. The highest BCUT2D eigenvalue weighted by atomic mass is 16.5. The molecule has 0 saturated heterocycles. The van der Waals surface area contributed by atoms with Crippen LogP contribution in [0.1, 0.15) is 42.6 Å². The van der Waals surface area contributed by atoms with Crippen LogP contribution in [0.4, 0.5) is 0 Å². The molecule has 0 bridgehead atoms. The molecule has 1 saturated carbocycles. The molecule has 0 N–H and O–H groups in total. The van der Waals surface area contributed by atoms with E-state index in [0.717, 1.165) is 36.3 Å². The molecule has 0 unspecified atom stereocenters. The van der Waals surface area contributed by atoms with Crippen LogP contribution in [0.2, 0.25) is 0 Å². The van der Waals surface area contributed by atoms with Gasteiger partial charge in [-0.15, -0.1) is 0 Å². The van der Waals surface area contributed by atoms with Crippen molar-refractivity contribution in [1.29, 1.82) is 0 Å². The predicted molar refractivity (Wildman–Crippen MR) is 76.7 cm³/mol. The van der Waals surface area contributed by atoms with E-state index >= 15 is 0 Å². The van der Waals surface area contributed by atoms with Crippen LogP contribution in [0.15, 0.2) is 18.2 Å². The summed E-state index contributed by atoms with van der Waals surface area (Å²) in [6, 6.07) is 6.35. The molecule has 2 rings (SSSR count). The number of rotatable bonds is 7. The third kappa shape index (κ3) is 3.80. The molecule has 1 aromatic rings. The van der Waals surface area contributed by atoms with Gasteiger partial charge in [-0.25, -0.2) is 0 Å². The zero-order chi connectivity index (χ0) is 13.8. The minimum absolute atomic E-state index is 0.654. The van der Waals surface area contributed by atoms with Gasteiger partial charge in [-0.1, -0.05) is 13.8 Å². The molecule has 0 amide bonds. The van der Waals surface area contributed by atoms with Gasteiger partial charge in [0.2, 0.25) is 0 Å². The maximum atomic E-state index is 10.9. The van der Waals surface area contributed by atoms with E-state index in [1.807, 2.05) is 12.1 Å². The van der Waals surface area contributed by atoms with E-state index in [9.17, 15) is 4.79 Å². The molecular formula is C16H23NO2. The maximum absolute atomic E-state index is 10.9. The average molecular weight is 261 g/mol. The molecule has 3 nitrogen and oxygen atoms in total. The summed E-state index contributed by atoms with van der Waals surface area (Å²) in [4.78, 5) is 13.4. The molecule has 1 aromatic carbocycles. The largest absolute Gasteiger partial charge is 0.496 e. The zero-order valence-electron chi connectivity index (χ0n) is 12.1. The highest BCUT2D eigenvalue weighted by Crippen LogP contribution is 2.31. The Labute approximate surface area is 115 Å². The molecule has 1 fully saturated rings. The molecule has 1 aliphatic carbocycles. The predicted octanol–water partition coefficient (Wildman–Crippen LogP) is 3.13. The number of benzene rings is 1. The van der Waals surface area contributed by atoms with Crippen LogP contribution in [0.25, 0.3) is 0 Å². The Hall–Kier alpha value is -1.35. The molecule has 3 heteroatoms. The van der Waals surface area contributed by atoms with E-state index in [1.54, 1.807) is 13.2 Å². The van der Waals surface area contributed by atoms with Crippen LogP contribution in [-0.2, 0) is 6.54 Å². The molecule has 0 heterocycles. The van der Waals surface area contributed by atoms with Crippen molar-refractivity contribution in [3.63, 3.8) is 0 Å². The highest BCUT2D eigenvalue weighted by Gasteiger charge is 2.29. The van der Waals surface area contributed by atoms with Gasteiger partial charge in [0, 0.05) is 30.3 Å². The lowest BCUT2D eigenvalue weighted by molar-refractivity contribution is 0.112. The van der Waals surface area contributed by atoms with Gasteiger partial charge in [-0.05, 0) is 37.0 Å². The molecule has 1 aliphatic rings. The lowest BCUT2D eigenvalue weighted by Crippen LogP contribution is -2.29. The first-order valence-corrected chi connectivity index (χ1v) is 7.00. The van der Waals surface area contributed by atoms with E-state index < -0.39 is 0 Å². The van der Waals surface area contributed by atoms with Crippen LogP contribution in [-0.4, -0.2) is 30.9 Å². The zero-order valence-corrected chi connectivity index (χ0v) is 12.1. The second kappa shape index (κ2) is 6.20. The number of carbonyl (C=O) groups excluding carboxylic acids is 1. The van der Waals surface area contributed by atoms with Crippen molar-refractivity contribution in [3.05, 3.63) is 29.3 Å². The fourth-order valence-electron chi connectivity index (χ4n) is 2.47. The fourth-order valence-corrected chi connectivity index (χ4v) is 2.47. The lowest BCUT2D eigenvalue weighted by Gasteiger charge is -2.25. The number of nitrogens with zero attached hydrogens (tertiary/aromatic N) is 1. The number of hydrogen-bond donors (Lipinski definition) is 0. The number of hydrogen-bond acceptors (Lipinski definition) is 3. The summed E-state index contributed by atoms with van der Waals surface area (Å²) in [5.41, 5.74) is 1.83. The fraction of sp³-hybridized carbons (Fsp3) is 0.562. The summed E-state index contributed by atoms with van der Waals surface area (Å²) < 4.78 is 5.41. The summed E-state index contributed by atoms with van der Waals surface area (Å²) in [6.45, 7) is 6.45. The van der Waals surface area contributed by atoms with Crippen molar-refractivity contribution in [1.82, 2.24) is 4.90 Å². The SMILES string of the molecule is COc1ccc(C=O)cc1CN(CC(C)C)C1CC1. The summed E-state index contributed by atoms with van der Waals surface area (Å²) in [5.74, 6) is 1.53. The topological polar surface area (TPSA) is 29.5 Å². The van der Waals surface area contributed by atoms with E-state index in [2.05, 4.69) is 18.7 Å². The van der Waals surface area contributed by atoms with Crippen molar-refractivity contribution in [2.75, 3.05) is 13.7 Å². The molecule has 104 valence electrons. The van der Waals surface area contributed by atoms with Crippen LogP contribution >= 0.6 is 0 Å². The average Bonchev–Trinajstić information content (AvgIpc) is 3.21. The highest BCUT2D eigenvalue weighted by molar-refractivity contribution is 5.75. The van der Waals surface area contributed by atoms with Gasteiger partial charge in [0.05, 0.1) is 7.11 Å². The van der Waals surface area contributed by atoms with Gasteiger partial charge >= 0.3 is 0 Å². The Morgan fingerprint density at radius 1 is 1.42 bits per heavy atom. The minimum Gasteiger partial charge on any atom is -0.496 e. The van der Waals surface area contributed by atoms with E-state index in [0.29, 0.717) is 12.0 Å². The molecule has 0 aliphatic heterocycles. The summed E-state index contributed by atoms with van der Waals surface area (Å²) in [6.07, 6.45) is 3.48. The van der Waals surface area contributed by atoms with Crippen molar-refractivity contribution in [2.45, 2.75) is 39.3 Å². The van der Waals surface area contributed by atoms with Crippen LogP contribution < -0.4 is 4.74 Å². The first-order chi connectivity index (χ1) is 9.13. The van der Waals surface area contributed by atoms with Gasteiger partial charge in [-0.2, -0.15) is 0 Å². The summed E-state index contributed by atoms with van der Waals surface area (Å²) in [7, 11) is 1.68. The van der Waals surface area contributed by atoms with E-state index in [-0.39, 0.29) is 0 Å². The normalized spacial score (nSPS) is 15.0. The Kier molecular flexibility index (Phi) is 4.59. The Balaban J connectivity index is 2.16. The van der Waals surface area contributed by atoms with Gasteiger partial charge in [0.15, 0.2) is 0 Å². The molecule has 0 spiro atoms. The van der Waals surface area contributed by atoms with Gasteiger partial charge in [-0.3, -0.25) is 9.69 Å². The monoisotopic (exact) mass is 261 g/mol. The quantitative estimate of drug-likeness (QED) is 0.706. The van der Waals surface area contributed by atoms with Crippen molar-refractivity contribution in [2.24, 2.45) is 5.92 Å². The number of carbonyl (C=O) groups is 1. The molecular weight excluding hydrogens is 238 g/mol. The standard InChI is InChI=1S/C16H23NO2/c1-12(2)9-17(15-5-6-15)10-14-8-13(11-18)4-7-16(14)19-3/h4,7-8,11-12,15H,5-6,9-10H2,1-3H3. The van der Waals surface area contributed by atoms with Crippen molar-refractivity contribution < 1.29 is 9.53 Å². The van der Waals surface area contributed by atoms with Crippen LogP contribution in [0.3, 0.4) is 0 Å². The van der Waals surface area contributed by atoms with E-state index in [4.69, 9.17) is 4.74 Å². The lowest BCUT2D eigenvalue weighted by atomic mass is 10.1. The molecule has 19 heavy (non-hydrogen) atoms. The summed E-state index contributed by atoms with van der Waals surface area (Å²) >= 11 is 0.